The summed E-state index contributed by atoms with van der Waals surface area (Å²) in [6.45, 7) is 8.00. The highest BCUT2D eigenvalue weighted by Crippen LogP contribution is 2.26. The Bertz CT molecular complexity index is 1020. The van der Waals surface area contributed by atoms with Gasteiger partial charge in [0.25, 0.3) is 0 Å². The SMILES string of the molecule is Cc1ccc(-c2nnc(NC(=O)[C@@H](Cc3ccccc3)NC(=O)CC(C)(C)C)s2)cc1. The summed E-state index contributed by atoms with van der Waals surface area (Å²) < 4.78 is 0. The van der Waals surface area contributed by atoms with Crippen molar-refractivity contribution in [3.8, 4) is 10.6 Å². The molecule has 3 aromatic rings. The van der Waals surface area contributed by atoms with E-state index < -0.39 is 6.04 Å². The van der Waals surface area contributed by atoms with Crippen molar-refractivity contribution in [2.45, 2.75) is 46.6 Å². The van der Waals surface area contributed by atoms with Crippen LogP contribution in [0.1, 0.15) is 38.3 Å². The van der Waals surface area contributed by atoms with Crippen LogP contribution >= 0.6 is 11.3 Å². The highest BCUT2D eigenvalue weighted by Gasteiger charge is 2.25. The summed E-state index contributed by atoms with van der Waals surface area (Å²) in [4.78, 5) is 25.5. The first-order valence-electron chi connectivity index (χ1n) is 10.2. The molecule has 0 fully saturated rings. The lowest BCUT2D eigenvalue weighted by Crippen LogP contribution is -2.46. The van der Waals surface area contributed by atoms with Gasteiger partial charge in [0.2, 0.25) is 16.9 Å². The van der Waals surface area contributed by atoms with Crippen molar-refractivity contribution in [3.05, 3.63) is 65.7 Å². The van der Waals surface area contributed by atoms with Gasteiger partial charge in [-0.25, -0.2) is 0 Å². The van der Waals surface area contributed by atoms with Crippen LogP contribution in [-0.2, 0) is 16.0 Å². The van der Waals surface area contributed by atoms with Gasteiger partial charge in [-0.05, 0) is 17.9 Å². The maximum atomic E-state index is 13.0. The van der Waals surface area contributed by atoms with E-state index in [1.54, 1.807) is 0 Å². The van der Waals surface area contributed by atoms with E-state index in [2.05, 4.69) is 20.8 Å². The number of rotatable bonds is 7. The number of hydrogen-bond donors (Lipinski definition) is 2. The first-order chi connectivity index (χ1) is 14.7. The van der Waals surface area contributed by atoms with Crippen LogP contribution in [0, 0.1) is 12.3 Å². The number of nitrogens with one attached hydrogen (secondary N) is 2. The van der Waals surface area contributed by atoms with Gasteiger partial charge in [0.1, 0.15) is 11.0 Å². The Labute approximate surface area is 187 Å². The number of aromatic nitrogens is 2. The number of aryl methyl sites for hydroxylation is 1. The molecule has 162 valence electrons. The minimum atomic E-state index is -0.705. The molecule has 0 bridgehead atoms. The number of benzene rings is 2. The van der Waals surface area contributed by atoms with Gasteiger partial charge in [-0.1, -0.05) is 92.3 Å². The maximum Gasteiger partial charge on any atom is 0.249 e. The normalized spacial score (nSPS) is 12.3. The minimum absolute atomic E-state index is 0.152. The third-order valence-electron chi connectivity index (χ3n) is 4.58. The number of amides is 2. The summed E-state index contributed by atoms with van der Waals surface area (Å²) in [6, 6.07) is 16.9. The molecule has 31 heavy (non-hydrogen) atoms. The van der Waals surface area contributed by atoms with Crippen molar-refractivity contribution >= 4 is 28.3 Å². The van der Waals surface area contributed by atoms with Crippen molar-refractivity contribution < 1.29 is 9.59 Å². The lowest BCUT2D eigenvalue weighted by atomic mass is 9.91. The van der Waals surface area contributed by atoms with Crippen molar-refractivity contribution in [2.24, 2.45) is 5.41 Å². The van der Waals surface area contributed by atoms with Crippen LogP contribution in [0.2, 0.25) is 0 Å². The molecule has 0 spiro atoms. The molecule has 1 heterocycles. The Morgan fingerprint density at radius 3 is 2.32 bits per heavy atom. The molecule has 3 rings (SSSR count). The van der Waals surface area contributed by atoms with Crippen LogP contribution < -0.4 is 10.6 Å². The molecule has 0 radical (unpaired) electrons. The quantitative estimate of drug-likeness (QED) is 0.566. The molecule has 0 aliphatic rings. The Balaban J connectivity index is 1.73. The summed E-state index contributed by atoms with van der Waals surface area (Å²) in [5, 5.41) is 15.1. The van der Waals surface area contributed by atoms with Crippen LogP contribution in [0.5, 0.6) is 0 Å². The monoisotopic (exact) mass is 436 g/mol. The largest absolute Gasteiger partial charge is 0.344 e. The topological polar surface area (TPSA) is 84.0 Å². The highest BCUT2D eigenvalue weighted by molar-refractivity contribution is 7.18. The Morgan fingerprint density at radius 2 is 1.68 bits per heavy atom. The van der Waals surface area contributed by atoms with Gasteiger partial charge in [-0.3, -0.25) is 14.9 Å². The molecule has 7 heteroatoms. The van der Waals surface area contributed by atoms with Gasteiger partial charge in [-0.15, -0.1) is 10.2 Å². The molecule has 0 unspecified atom stereocenters. The van der Waals surface area contributed by atoms with E-state index in [1.165, 1.54) is 11.3 Å². The number of hydrogen-bond acceptors (Lipinski definition) is 5. The molecule has 0 aliphatic heterocycles. The van der Waals surface area contributed by atoms with Crippen molar-refractivity contribution in [3.63, 3.8) is 0 Å². The first-order valence-corrected chi connectivity index (χ1v) is 11.1. The number of carbonyl (C=O) groups excluding carboxylic acids is 2. The molecule has 6 nitrogen and oxygen atoms in total. The third-order valence-corrected chi connectivity index (χ3v) is 5.47. The molecule has 0 aliphatic carbocycles. The first kappa shape index (κ1) is 22.6. The fourth-order valence-corrected chi connectivity index (χ4v) is 3.82. The fourth-order valence-electron chi connectivity index (χ4n) is 3.07. The molecule has 2 aromatic carbocycles. The summed E-state index contributed by atoms with van der Waals surface area (Å²) in [6.07, 6.45) is 0.730. The van der Waals surface area contributed by atoms with Crippen LogP contribution in [0.15, 0.2) is 54.6 Å². The fraction of sp³-hybridized carbons (Fsp3) is 0.333. The third kappa shape index (κ3) is 7.00. The van der Waals surface area contributed by atoms with Gasteiger partial charge in [-0.2, -0.15) is 0 Å². The van der Waals surface area contributed by atoms with Crippen molar-refractivity contribution in [2.75, 3.05) is 5.32 Å². The number of nitrogens with zero attached hydrogens (tertiary/aromatic N) is 2. The second-order valence-corrected chi connectivity index (χ2v) is 9.79. The van der Waals surface area contributed by atoms with E-state index in [0.717, 1.165) is 21.7 Å². The zero-order valence-corrected chi connectivity index (χ0v) is 19.1. The van der Waals surface area contributed by atoms with Gasteiger partial charge in [0.05, 0.1) is 0 Å². The number of carbonyl (C=O) groups is 2. The van der Waals surface area contributed by atoms with Gasteiger partial charge < -0.3 is 5.32 Å². The van der Waals surface area contributed by atoms with E-state index in [0.29, 0.717) is 18.0 Å². The standard InChI is InChI=1S/C24H28N4O2S/c1-16-10-12-18(13-11-16)22-27-28-23(31-22)26-21(30)19(14-17-8-6-5-7-9-17)25-20(29)15-24(2,3)4/h5-13,19H,14-15H2,1-4H3,(H,25,29)(H,26,28,30)/t19-/m1/s1. The van der Waals surface area contributed by atoms with Crippen LogP contribution in [-0.4, -0.2) is 28.1 Å². The molecular weight excluding hydrogens is 408 g/mol. The Kier molecular flexibility index (Phi) is 7.17. The van der Waals surface area contributed by atoms with Crippen LogP contribution in [0.4, 0.5) is 5.13 Å². The van der Waals surface area contributed by atoms with E-state index in [-0.39, 0.29) is 17.2 Å². The zero-order valence-electron chi connectivity index (χ0n) is 18.3. The molecule has 0 saturated carbocycles. The smallest absolute Gasteiger partial charge is 0.249 e. The van der Waals surface area contributed by atoms with Crippen LogP contribution in [0.3, 0.4) is 0 Å². The number of anilines is 1. The maximum absolute atomic E-state index is 13.0. The predicted octanol–water partition coefficient (Wildman–Crippen LogP) is 4.62. The Morgan fingerprint density at radius 1 is 1.00 bits per heavy atom. The van der Waals surface area contributed by atoms with Gasteiger partial charge >= 0.3 is 0 Å². The molecule has 1 aromatic heterocycles. The van der Waals surface area contributed by atoms with Gasteiger partial charge in [0.15, 0.2) is 0 Å². The van der Waals surface area contributed by atoms with Gasteiger partial charge in [0, 0.05) is 18.4 Å². The average molecular weight is 437 g/mol. The van der Waals surface area contributed by atoms with Crippen LogP contribution in [0.25, 0.3) is 10.6 Å². The molecule has 0 saturated heterocycles. The second kappa shape index (κ2) is 9.83. The summed E-state index contributed by atoms with van der Waals surface area (Å²) in [7, 11) is 0. The summed E-state index contributed by atoms with van der Waals surface area (Å²) >= 11 is 1.31. The molecule has 2 N–H and O–H groups in total. The summed E-state index contributed by atoms with van der Waals surface area (Å²) in [5.41, 5.74) is 2.91. The summed E-state index contributed by atoms with van der Waals surface area (Å²) in [5.74, 6) is -0.459. The predicted molar refractivity (Wildman–Crippen MR) is 125 cm³/mol. The molecule has 2 amide bonds. The van der Waals surface area contributed by atoms with E-state index in [1.807, 2.05) is 82.3 Å². The average Bonchev–Trinajstić information content (AvgIpc) is 3.16. The minimum Gasteiger partial charge on any atom is -0.344 e. The molecular formula is C24H28N4O2S. The second-order valence-electron chi connectivity index (χ2n) is 8.81. The Hall–Kier alpha value is -3.06. The van der Waals surface area contributed by atoms with E-state index >= 15 is 0 Å². The highest BCUT2D eigenvalue weighted by atomic mass is 32.1. The van der Waals surface area contributed by atoms with E-state index in [4.69, 9.17) is 0 Å². The lowest BCUT2D eigenvalue weighted by molar-refractivity contribution is -0.127. The van der Waals surface area contributed by atoms with Crippen molar-refractivity contribution in [1.29, 1.82) is 0 Å². The lowest BCUT2D eigenvalue weighted by Gasteiger charge is -2.22. The van der Waals surface area contributed by atoms with E-state index in [9.17, 15) is 9.59 Å². The van der Waals surface area contributed by atoms with Crippen molar-refractivity contribution in [1.82, 2.24) is 15.5 Å². The molecule has 1 atom stereocenters. The zero-order chi connectivity index (χ0) is 22.4.